The summed E-state index contributed by atoms with van der Waals surface area (Å²) >= 11 is 0. The Labute approximate surface area is 150 Å². The molecular formula is C17H27N3O4S. The molecule has 140 valence electrons. The molecule has 0 aromatic heterocycles. The molecule has 1 amide bonds. The third-order valence-electron chi connectivity index (χ3n) is 4.21. The number of sulfonamides is 1. The van der Waals surface area contributed by atoms with Gasteiger partial charge in [0, 0.05) is 44.9 Å². The second-order valence-corrected chi connectivity index (χ2v) is 8.45. The highest BCUT2D eigenvalue weighted by Crippen LogP contribution is 2.14. The van der Waals surface area contributed by atoms with Gasteiger partial charge in [-0.05, 0) is 31.7 Å². The molecule has 8 heteroatoms. The number of likely N-dealkylation sites (N-methyl/N-ethyl adjacent to an activating group) is 1. The first-order valence-corrected chi connectivity index (χ1v) is 9.98. The van der Waals surface area contributed by atoms with Gasteiger partial charge in [0.25, 0.3) is 5.91 Å². The number of benzene rings is 1. The van der Waals surface area contributed by atoms with Crippen molar-refractivity contribution in [3.8, 4) is 0 Å². The predicted octanol–water partition coefficient (Wildman–Crippen LogP) is 0.529. The van der Waals surface area contributed by atoms with E-state index in [-0.39, 0.29) is 17.7 Å². The van der Waals surface area contributed by atoms with E-state index in [2.05, 4.69) is 10.2 Å². The summed E-state index contributed by atoms with van der Waals surface area (Å²) in [6.07, 6.45) is 0. The van der Waals surface area contributed by atoms with Crippen LogP contribution in [0.1, 0.15) is 22.8 Å². The van der Waals surface area contributed by atoms with E-state index in [1.807, 2.05) is 14.0 Å². The molecule has 0 radical (unpaired) electrons. The van der Waals surface area contributed by atoms with Gasteiger partial charge in [0.15, 0.2) is 0 Å². The fourth-order valence-electron chi connectivity index (χ4n) is 2.72. The molecule has 1 heterocycles. The summed E-state index contributed by atoms with van der Waals surface area (Å²) in [6, 6.07) is 6.62. The summed E-state index contributed by atoms with van der Waals surface area (Å²) < 4.78 is 31.6. The quantitative estimate of drug-likeness (QED) is 0.758. The molecule has 1 fully saturated rings. The molecule has 0 aliphatic carbocycles. The number of hydrogen-bond donors (Lipinski definition) is 1. The van der Waals surface area contributed by atoms with Gasteiger partial charge >= 0.3 is 0 Å². The molecule has 7 nitrogen and oxygen atoms in total. The van der Waals surface area contributed by atoms with Gasteiger partial charge in [-0.3, -0.25) is 4.79 Å². The molecule has 0 spiro atoms. The second-order valence-electron chi connectivity index (χ2n) is 6.49. The average Bonchev–Trinajstić information content (AvgIpc) is 2.55. The van der Waals surface area contributed by atoms with E-state index in [1.54, 1.807) is 35.7 Å². The highest BCUT2D eigenvalue weighted by Gasteiger charge is 2.25. The van der Waals surface area contributed by atoms with Crippen molar-refractivity contribution in [2.24, 2.45) is 0 Å². The van der Waals surface area contributed by atoms with Crippen LogP contribution < -0.4 is 5.32 Å². The van der Waals surface area contributed by atoms with Crippen LogP contribution in [0.15, 0.2) is 24.3 Å². The summed E-state index contributed by atoms with van der Waals surface area (Å²) in [5.41, 5.74) is 1.18. The van der Waals surface area contributed by atoms with Gasteiger partial charge in [0.1, 0.15) is 0 Å². The summed E-state index contributed by atoms with van der Waals surface area (Å²) in [5.74, 6) is -0.239. The van der Waals surface area contributed by atoms with E-state index in [1.165, 1.54) is 0 Å². The first-order valence-electron chi connectivity index (χ1n) is 8.37. The van der Waals surface area contributed by atoms with Crippen LogP contribution in [0, 0.1) is 0 Å². The van der Waals surface area contributed by atoms with Crippen molar-refractivity contribution in [3.63, 3.8) is 0 Å². The third kappa shape index (κ3) is 5.78. The van der Waals surface area contributed by atoms with Gasteiger partial charge in [-0.15, -0.1) is 0 Å². The van der Waals surface area contributed by atoms with Gasteiger partial charge in [0.05, 0.1) is 12.4 Å². The molecule has 1 aliphatic rings. The number of rotatable bonds is 7. The lowest BCUT2D eigenvalue weighted by atomic mass is 10.1. The Morgan fingerprint density at radius 1 is 1.20 bits per heavy atom. The first-order chi connectivity index (χ1) is 11.8. The SMILES string of the molecule is COC[C@H](C)NC(=O)c1ccc(CS(=O)(=O)N2CCN(C)CC2)cc1. The molecular weight excluding hydrogens is 342 g/mol. The van der Waals surface area contributed by atoms with E-state index < -0.39 is 10.0 Å². The molecule has 1 aliphatic heterocycles. The van der Waals surface area contributed by atoms with E-state index in [9.17, 15) is 13.2 Å². The number of carbonyl (C=O) groups is 1. The maximum absolute atomic E-state index is 12.5. The van der Waals surface area contributed by atoms with Crippen molar-refractivity contribution in [2.75, 3.05) is 46.9 Å². The standard InChI is InChI=1S/C17H27N3O4S/c1-14(12-24-3)18-17(21)16-6-4-15(5-7-16)13-25(22,23)20-10-8-19(2)9-11-20/h4-7,14H,8-13H2,1-3H3,(H,18,21)/t14-/m0/s1. The summed E-state index contributed by atoms with van der Waals surface area (Å²) in [5, 5.41) is 2.83. The topological polar surface area (TPSA) is 78.9 Å². The van der Waals surface area contributed by atoms with Crippen LogP contribution >= 0.6 is 0 Å². The zero-order valence-electron chi connectivity index (χ0n) is 15.1. The Morgan fingerprint density at radius 3 is 2.36 bits per heavy atom. The fourth-order valence-corrected chi connectivity index (χ4v) is 4.24. The number of nitrogens with zero attached hydrogens (tertiary/aromatic N) is 2. The molecule has 1 saturated heterocycles. The van der Waals surface area contributed by atoms with Crippen molar-refractivity contribution >= 4 is 15.9 Å². The van der Waals surface area contributed by atoms with Crippen LogP contribution in [0.4, 0.5) is 0 Å². The fraction of sp³-hybridized carbons (Fsp3) is 0.588. The minimum atomic E-state index is -3.33. The van der Waals surface area contributed by atoms with Crippen LogP contribution in [0.25, 0.3) is 0 Å². The van der Waals surface area contributed by atoms with Crippen LogP contribution in [0.5, 0.6) is 0 Å². The molecule has 0 unspecified atom stereocenters. The number of nitrogens with one attached hydrogen (secondary N) is 1. The molecule has 0 saturated carbocycles. The minimum Gasteiger partial charge on any atom is -0.383 e. The summed E-state index contributed by atoms with van der Waals surface area (Å²) in [4.78, 5) is 14.2. The van der Waals surface area contributed by atoms with Gasteiger partial charge < -0.3 is 15.0 Å². The zero-order valence-corrected chi connectivity index (χ0v) is 15.9. The van der Waals surface area contributed by atoms with E-state index in [4.69, 9.17) is 4.74 Å². The Bertz CT molecular complexity index is 668. The maximum atomic E-state index is 12.5. The van der Waals surface area contributed by atoms with Crippen molar-refractivity contribution in [1.29, 1.82) is 0 Å². The zero-order chi connectivity index (χ0) is 18.4. The lowest BCUT2D eigenvalue weighted by Gasteiger charge is -2.31. The predicted molar refractivity (Wildman–Crippen MR) is 96.9 cm³/mol. The van der Waals surface area contributed by atoms with E-state index in [0.717, 1.165) is 13.1 Å². The monoisotopic (exact) mass is 369 g/mol. The number of piperazine rings is 1. The molecule has 25 heavy (non-hydrogen) atoms. The van der Waals surface area contributed by atoms with Gasteiger partial charge in [0.2, 0.25) is 10.0 Å². The Kier molecular flexibility index (Phi) is 6.95. The number of carbonyl (C=O) groups excluding carboxylic acids is 1. The normalized spacial score (nSPS) is 18.0. The molecule has 1 atom stereocenters. The summed E-state index contributed by atoms with van der Waals surface area (Å²) in [6.45, 7) is 4.84. The van der Waals surface area contributed by atoms with Gasteiger partial charge in [-0.2, -0.15) is 4.31 Å². The van der Waals surface area contributed by atoms with Crippen molar-refractivity contribution in [2.45, 2.75) is 18.7 Å². The number of ether oxygens (including phenoxy) is 1. The Balaban J connectivity index is 1.96. The van der Waals surface area contributed by atoms with E-state index in [0.29, 0.717) is 30.8 Å². The first kappa shape index (κ1) is 19.8. The molecule has 1 N–H and O–H groups in total. The van der Waals surface area contributed by atoms with Crippen molar-refractivity contribution in [1.82, 2.24) is 14.5 Å². The smallest absolute Gasteiger partial charge is 0.251 e. The van der Waals surface area contributed by atoms with Gasteiger partial charge in [-0.25, -0.2) is 8.42 Å². The molecule has 0 bridgehead atoms. The van der Waals surface area contributed by atoms with Crippen LogP contribution in [-0.4, -0.2) is 76.5 Å². The maximum Gasteiger partial charge on any atom is 0.251 e. The van der Waals surface area contributed by atoms with Crippen LogP contribution in [0.2, 0.25) is 0 Å². The number of hydrogen-bond acceptors (Lipinski definition) is 5. The van der Waals surface area contributed by atoms with Crippen molar-refractivity contribution in [3.05, 3.63) is 35.4 Å². The number of amides is 1. The largest absolute Gasteiger partial charge is 0.383 e. The minimum absolute atomic E-state index is 0.0430. The van der Waals surface area contributed by atoms with E-state index >= 15 is 0 Å². The average molecular weight is 369 g/mol. The van der Waals surface area contributed by atoms with Gasteiger partial charge in [-0.1, -0.05) is 12.1 Å². The third-order valence-corrected chi connectivity index (χ3v) is 6.07. The summed E-state index contributed by atoms with van der Waals surface area (Å²) in [7, 11) is 0.239. The van der Waals surface area contributed by atoms with Crippen LogP contribution in [-0.2, 0) is 20.5 Å². The molecule has 1 aromatic carbocycles. The van der Waals surface area contributed by atoms with Crippen LogP contribution in [0.3, 0.4) is 0 Å². The second kappa shape index (κ2) is 8.75. The Hall–Kier alpha value is -1.48. The highest BCUT2D eigenvalue weighted by molar-refractivity contribution is 7.88. The number of methoxy groups -OCH3 is 1. The van der Waals surface area contributed by atoms with Crippen molar-refractivity contribution < 1.29 is 17.9 Å². The Morgan fingerprint density at radius 2 is 1.80 bits per heavy atom. The lowest BCUT2D eigenvalue weighted by molar-refractivity contribution is 0.0905. The highest BCUT2D eigenvalue weighted by atomic mass is 32.2. The molecule has 2 rings (SSSR count). The lowest BCUT2D eigenvalue weighted by Crippen LogP contribution is -2.47. The molecule has 1 aromatic rings.